The van der Waals surface area contributed by atoms with Gasteiger partial charge in [-0.05, 0) is 35.6 Å². The number of hydrogen-bond acceptors (Lipinski definition) is 5. The first kappa shape index (κ1) is 16.3. The Balaban J connectivity index is 1.58. The zero-order valence-electron chi connectivity index (χ0n) is 14.5. The fourth-order valence-corrected chi connectivity index (χ4v) is 4.31. The monoisotopic (exact) mass is 355 g/mol. The number of rotatable bonds is 3. The van der Waals surface area contributed by atoms with Gasteiger partial charge in [-0.1, -0.05) is 12.1 Å². The molecule has 1 aliphatic heterocycles. The van der Waals surface area contributed by atoms with Crippen molar-refractivity contribution in [3.63, 3.8) is 0 Å². The van der Waals surface area contributed by atoms with E-state index in [2.05, 4.69) is 17.0 Å². The summed E-state index contributed by atoms with van der Waals surface area (Å²) in [5.41, 5.74) is 3.31. The van der Waals surface area contributed by atoms with E-state index in [1.165, 1.54) is 16.9 Å². The minimum Gasteiger partial charge on any atom is -0.497 e. The summed E-state index contributed by atoms with van der Waals surface area (Å²) in [6, 6.07) is 8.16. The molecule has 0 saturated heterocycles. The second kappa shape index (κ2) is 6.61. The topological polar surface area (TPSA) is 47.4 Å². The van der Waals surface area contributed by atoms with Crippen LogP contribution in [-0.2, 0) is 19.5 Å². The summed E-state index contributed by atoms with van der Waals surface area (Å²) in [6.07, 6.45) is 0.796. The molecular weight excluding hydrogens is 334 g/mol. The van der Waals surface area contributed by atoms with Gasteiger partial charge in [-0.2, -0.15) is 0 Å². The number of nitrogens with zero attached hydrogens (tertiary/aromatic N) is 3. The Labute approximate surface area is 150 Å². The summed E-state index contributed by atoms with van der Waals surface area (Å²) in [7, 11) is 1.69. The van der Waals surface area contributed by atoms with Gasteiger partial charge in [0.05, 0.1) is 12.6 Å². The van der Waals surface area contributed by atoms with Gasteiger partial charge in [0.15, 0.2) is 0 Å². The fourth-order valence-electron chi connectivity index (χ4n) is 3.38. The Bertz CT molecular complexity index is 976. The number of thiophene rings is 1. The summed E-state index contributed by atoms with van der Waals surface area (Å²) >= 11 is 1.50. The second-order valence-electron chi connectivity index (χ2n) is 6.46. The van der Waals surface area contributed by atoms with Crippen LogP contribution >= 0.6 is 11.3 Å². The highest BCUT2D eigenvalue weighted by Gasteiger charge is 2.19. The van der Waals surface area contributed by atoms with Crippen molar-refractivity contribution in [2.24, 2.45) is 0 Å². The Hall–Kier alpha value is -2.18. The predicted octanol–water partition coefficient (Wildman–Crippen LogP) is 2.83. The molecular formula is C19H21N3O2S. The van der Waals surface area contributed by atoms with Crippen LogP contribution in [-0.4, -0.2) is 34.7 Å². The van der Waals surface area contributed by atoms with Crippen LogP contribution in [0.4, 0.5) is 0 Å². The highest BCUT2D eigenvalue weighted by molar-refractivity contribution is 7.17. The Kier molecular flexibility index (Phi) is 4.31. The molecule has 0 aliphatic carbocycles. The number of hydrogen-bond donors (Lipinski definition) is 0. The molecule has 1 aliphatic rings. The van der Waals surface area contributed by atoms with Gasteiger partial charge in [-0.15, -0.1) is 11.3 Å². The molecule has 3 aromatic rings. The van der Waals surface area contributed by atoms with Gasteiger partial charge >= 0.3 is 0 Å². The lowest BCUT2D eigenvalue weighted by Crippen LogP contribution is -2.28. The Morgan fingerprint density at radius 2 is 2.16 bits per heavy atom. The number of methoxy groups -OCH3 is 1. The maximum Gasteiger partial charge on any atom is 0.271 e. The van der Waals surface area contributed by atoms with Crippen molar-refractivity contribution < 1.29 is 4.74 Å². The number of benzene rings is 1. The Morgan fingerprint density at radius 3 is 3.00 bits per heavy atom. The third-order valence-electron chi connectivity index (χ3n) is 4.77. The van der Waals surface area contributed by atoms with Crippen LogP contribution in [0.5, 0.6) is 5.75 Å². The average Bonchev–Trinajstić information content (AvgIpc) is 2.87. The lowest BCUT2D eigenvalue weighted by atomic mass is 10.2. The summed E-state index contributed by atoms with van der Waals surface area (Å²) < 4.78 is 7.95. The molecule has 0 bridgehead atoms. The van der Waals surface area contributed by atoms with Gasteiger partial charge in [0, 0.05) is 32.6 Å². The van der Waals surface area contributed by atoms with E-state index >= 15 is 0 Å². The molecule has 0 saturated carbocycles. The lowest BCUT2D eigenvalue weighted by molar-refractivity contribution is 0.271. The zero-order valence-corrected chi connectivity index (χ0v) is 15.3. The van der Waals surface area contributed by atoms with Crippen LogP contribution in [0.2, 0.25) is 0 Å². The van der Waals surface area contributed by atoms with Gasteiger partial charge in [0.2, 0.25) is 0 Å². The van der Waals surface area contributed by atoms with E-state index in [9.17, 15) is 4.79 Å². The van der Waals surface area contributed by atoms with Crippen molar-refractivity contribution in [3.8, 4) is 5.75 Å². The molecule has 2 aromatic heterocycles. The highest BCUT2D eigenvalue weighted by Crippen LogP contribution is 2.22. The normalized spacial score (nSPS) is 15.1. The molecule has 0 fully saturated rings. The number of aromatic nitrogens is 2. The van der Waals surface area contributed by atoms with Crippen LogP contribution in [0.15, 0.2) is 34.4 Å². The number of ether oxygens (including phenoxy) is 1. The van der Waals surface area contributed by atoms with Gasteiger partial charge in [0.1, 0.15) is 16.3 Å². The van der Waals surface area contributed by atoms with E-state index in [0.29, 0.717) is 6.54 Å². The van der Waals surface area contributed by atoms with Crippen molar-refractivity contribution in [1.29, 1.82) is 0 Å². The van der Waals surface area contributed by atoms with Crippen LogP contribution in [0.25, 0.3) is 10.2 Å². The average molecular weight is 355 g/mol. The maximum atomic E-state index is 12.8. The van der Waals surface area contributed by atoms with E-state index in [-0.39, 0.29) is 5.56 Å². The zero-order chi connectivity index (χ0) is 17.4. The first-order chi connectivity index (χ1) is 12.2. The summed E-state index contributed by atoms with van der Waals surface area (Å²) in [5.74, 6) is 1.79. The fraction of sp³-hybridized carbons (Fsp3) is 0.368. The lowest BCUT2D eigenvalue weighted by Gasteiger charge is -2.19. The summed E-state index contributed by atoms with van der Waals surface area (Å²) in [6.45, 7) is 5.32. The third kappa shape index (κ3) is 3.07. The smallest absolute Gasteiger partial charge is 0.271 e. The molecule has 0 unspecified atom stereocenters. The number of fused-ring (bicyclic) bond motifs is 2. The van der Waals surface area contributed by atoms with Gasteiger partial charge in [-0.3, -0.25) is 14.3 Å². The van der Waals surface area contributed by atoms with E-state index < -0.39 is 0 Å². The van der Waals surface area contributed by atoms with E-state index in [1.54, 1.807) is 7.11 Å². The number of aryl methyl sites for hydroxylation is 1. The summed E-state index contributed by atoms with van der Waals surface area (Å²) in [4.78, 5) is 20.0. The molecule has 5 nitrogen and oxygen atoms in total. The van der Waals surface area contributed by atoms with E-state index in [4.69, 9.17) is 9.72 Å². The van der Waals surface area contributed by atoms with E-state index in [1.807, 2.05) is 29.0 Å². The van der Waals surface area contributed by atoms with Crippen LogP contribution in [0, 0.1) is 6.92 Å². The Morgan fingerprint density at radius 1 is 1.28 bits per heavy atom. The molecule has 0 radical (unpaired) electrons. The standard InChI is InChI=1S/C19H21N3O2S/c1-13-12-25-18-17(13)20-16-6-7-21(8-9-22(16)19(18)23)11-14-4-3-5-15(10-14)24-2/h3-5,10,12H,6-9,11H2,1-2H3. The molecule has 1 aromatic carbocycles. The minimum absolute atomic E-state index is 0.112. The highest BCUT2D eigenvalue weighted by atomic mass is 32.1. The van der Waals surface area contributed by atoms with Crippen molar-refractivity contribution in [3.05, 3.63) is 57.0 Å². The second-order valence-corrected chi connectivity index (χ2v) is 7.34. The molecule has 0 atom stereocenters. The SMILES string of the molecule is COc1cccc(CN2CCc3nc4c(C)csc4c(=O)n3CC2)c1. The van der Waals surface area contributed by atoms with Crippen molar-refractivity contribution in [2.45, 2.75) is 26.4 Å². The first-order valence-corrected chi connectivity index (χ1v) is 9.36. The van der Waals surface area contributed by atoms with Crippen molar-refractivity contribution in [2.75, 3.05) is 20.2 Å². The molecule has 0 amide bonds. The molecule has 0 N–H and O–H groups in total. The van der Waals surface area contributed by atoms with Gasteiger partial charge < -0.3 is 4.74 Å². The minimum atomic E-state index is 0.112. The predicted molar refractivity (Wildman–Crippen MR) is 101 cm³/mol. The summed E-state index contributed by atoms with van der Waals surface area (Å²) in [5, 5.41) is 2.02. The molecule has 130 valence electrons. The maximum absolute atomic E-state index is 12.8. The molecule has 25 heavy (non-hydrogen) atoms. The molecule has 3 heterocycles. The molecule has 6 heteroatoms. The van der Waals surface area contributed by atoms with Gasteiger partial charge in [0.25, 0.3) is 5.56 Å². The van der Waals surface area contributed by atoms with Crippen molar-refractivity contribution in [1.82, 2.24) is 14.5 Å². The van der Waals surface area contributed by atoms with Gasteiger partial charge in [-0.25, -0.2) is 4.98 Å². The first-order valence-electron chi connectivity index (χ1n) is 8.48. The van der Waals surface area contributed by atoms with Crippen LogP contribution < -0.4 is 10.3 Å². The van der Waals surface area contributed by atoms with Crippen molar-refractivity contribution >= 4 is 21.6 Å². The van der Waals surface area contributed by atoms with Crippen LogP contribution in [0.3, 0.4) is 0 Å². The van der Waals surface area contributed by atoms with Crippen LogP contribution in [0.1, 0.15) is 17.0 Å². The molecule has 4 rings (SSSR count). The molecule has 0 spiro atoms. The largest absolute Gasteiger partial charge is 0.497 e. The quantitative estimate of drug-likeness (QED) is 0.725. The third-order valence-corrected chi connectivity index (χ3v) is 5.84. The van der Waals surface area contributed by atoms with E-state index in [0.717, 1.165) is 53.4 Å².